The molecule has 0 aliphatic rings. The summed E-state index contributed by atoms with van der Waals surface area (Å²) in [4.78, 5) is 3.53. The average molecular weight is 418 g/mol. The van der Waals surface area contributed by atoms with Gasteiger partial charge in [0.05, 0.1) is 12.6 Å². The van der Waals surface area contributed by atoms with Crippen LogP contribution in [0.15, 0.2) is 54.7 Å². The summed E-state index contributed by atoms with van der Waals surface area (Å²) in [5.74, 6) is 0.862. The topological polar surface area (TPSA) is 28.9 Å². The Labute approximate surface area is 162 Å². The van der Waals surface area contributed by atoms with Gasteiger partial charge >= 0.3 is 0 Å². The SMILES string of the molecule is COc1ccc2c(c1)[nH]c1c(C)[n+](Cc3ccc(Cl)cc3)ccc12.[Br-]. The van der Waals surface area contributed by atoms with Crippen LogP contribution in [0.1, 0.15) is 11.3 Å². The van der Waals surface area contributed by atoms with Gasteiger partial charge in [0, 0.05) is 40.4 Å². The van der Waals surface area contributed by atoms with Crippen molar-refractivity contribution in [2.75, 3.05) is 7.11 Å². The van der Waals surface area contributed by atoms with Gasteiger partial charge in [-0.3, -0.25) is 0 Å². The van der Waals surface area contributed by atoms with Gasteiger partial charge in [-0.2, -0.15) is 4.57 Å². The van der Waals surface area contributed by atoms with E-state index in [2.05, 4.69) is 46.9 Å². The summed E-state index contributed by atoms with van der Waals surface area (Å²) in [5, 5.41) is 3.21. The van der Waals surface area contributed by atoms with Crippen molar-refractivity contribution < 1.29 is 26.3 Å². The highest BCUT2D eigenvalue weighted by molar-refractivity contribution is 6.30. The molecule has 4 aromatic rings. The normalized spacial score (nSPS) is 10.8. The van der Waals surface area contributed by atoms with Crippen LogP contribution in [0, 0.1) is 6.92 Å². The van der Waals surface area contributed by atoms with Crippen molar-refractivity contribution in [3.05, 3.63) is 71.0 Å². The summed E-state index contributed by atoms with van der Waals surface area (Å²) in [6.45, 7) is 2.96. The van der Waals surface area contributed by atoms with Crippen LogP contribution in [0.3, 0.4) is 0 Å². The number of fused-ring (bicyclic) bond motifs is 3. The van der Waals surface area contributed by atoms with Crippen LogP contribution in [0.5, 0.6) is 5.75 Å². The number of ether oxygens (including phenoxy) is 1. The lowest BCUT2D eigenvalue weighted by Crippen LogP contribution is -3.00. The number of aryl methyl sites for hydroxylation is 1. The third-order valence-electron chi connectivity index (χ3n) is 4.53. The van der Waals surface area contributed by atoms with E-state index < -0.39 is 0 Å². The molecule has 0 saturated heterocycles. The Balaban J connectivity index is 0.00000182. The molecule has 0 saturated carbocycles. The molecule has 1 N–H and O–H groups in total. The lowest BCUT2D eigenvalue weighted by atomic mass is 10.1. The Bertz CT molecular complexity index is 1040. The molecule has 2 heterocycles. The van der Waals surface area contributed by atoms with E-state index in [-0.39, 0.29) is 17.0 Å². The van der Waals surface area contributed by atoms with Gasteiger partial charge in [0.25, 0.3) is 0 Å². The fraction of sp³-hybridized carbons (Fsp3) is 0.150. The Kier molecular flexibility index (Phi) is 5.02. The second kappa shape index (κ2) is 7.06. The summed E-state index contributed by atoms with van der Waals surface area (Å²) >= 11 is 5.97. The molecular weight excluding hydrogens is 400 g/mol. The maximum atomic E-state index is 5.97. The number of pyridine rings is 1. The molecule has 0 unspecified atom stereocenters. The summed E-state index contributed by atoms with van der Waals surface area (Å²) in [6.07, 6.45) is 2.14. The molecule has 0 amide bonds. The number of rotatable bonds is 3. The van der Waals surface area contributed by atoms with E-state index in [1.165, 1.54) is 22.0 Å². The molecule has 4 rings (SSSR count). The van der Waals surface area contributed by atoms with E-state index in [0.29, 0.717) is 0 Å². The fourth-order valence-corrected chi connectivity index (χ4v) is 3.29. The largest absolute Gasteiger partial charge is 1.00 e. The Morgan fingerprint density at radius 2 is 1.80 bits per heavy atom. The fourth-order valence-electron chi connectivity index (χ4n) is 3.16. The number of benzene rings is 2. The first-order chi connectivity index (χ1) is 11.7. The second-order valence-electron chi connectivity index (χ2n) is 5.98. The molecule has 0 spiro atoms. The lowest BCUT2D eigenvalue weighted by Gasteiger charge is -2.02. The highest BCUT2D eigenvalue weighted by atomic mass is 79.9. The molecule has 0 bridgehead atoms. The lowest BCUT2D eigenvalue weighted by molar-refractivity contribution is -0.693. The van der Waals surface area contributed by atoms with Crippen molar-refractivity contribution in [1.29, 1.82) is 0 Å². The van der Waals surface area contributed by atoms with Gasteiger partial charge in [0.15, 0.2) is 12.7 Å². The van der Waals surface area contributed by atoms with Crippen LogP contribution in [0.25, 0.3) is 21.8 Å². The minimum Gasteiger partial charge on any atom is -1.00 e. The molecule has 0 aliphatic heterocycles. The van der Waals surface area contributed by atoms with Crippen LogP contribution >= 0.6 is 11.6 Å². The maximum absolute atomic E-state index is 5.97. The van der Waals surface area contributed by atoms with Crippen LogP contribution < -0.4 is 26.3 Å². The number of halogens is 2. The van der Waals surface area contributed by atoms with Gasteiger partial charge in [-0.25, -0.2) is 0 Å². The zero-order valence-electron chi connectivity index (χ0n) is 14.0. The Morgan fingerprint density at radius 3 is 2.52 bits per heavy atom. The standard InChI is InChI=1S/C20H17ClN2O.BrH/c1-13-20-18(17-8-7-16(24-2)11-19(17)22-20)9-10-23(13)12-14-3-5-15(21)6-4-14;/h3-11H,12H2,1-2H3;1H. The van der Waals surface area contributed by atoms with Crippen molar-refractivity contribution in [3.63, 3.8) is 0 Å². The summed E-state index contributed by atoms with van der Waals surface area (Å²) < 4.78 is 7.57. The van der Waals surface area contributed by atoms with Crippen LogP contribution in [0.4, 0.5) is 0 Å². The monoisotopic (exact) mass is 416 g/mol. The smallest absolute Gasteiger partial charge is 0.202 e. The molecule has 25 heavy (non-hydrogen) atoms. The van der Waals surface area contributed by atoms with E-state index in [0.717, 1.165) is 28.4 Å². The number of hydrogen-bond acceptors (Lipinski definition) is 1. The zero-order valence-corrected chi connectivity index (χ0v) is 16.4. The van der Waals surface area contributed by atoms with Crippen LogP contribution in [0.2, 0.25) is 5.02 Å². The number of H-pyrrole nitrogens is 1. The van der Waals surface area contributed by atoms with E-state index in [1.54, 1.807) is 7.11 Å². The number of aromatic amines is 1. The van der Waals surface area contributed by atoms with Crippen molar-refractivity contribution in [3.8, 4) is 5.75 Å². The van der Waals surface area contributed by atoms with Crippen molar-refractivity contribution in [2.45, 2.75) is 13.5 Å². The quantitative estimate of drug-likeness (QED) is 0.504. The molecule has 0 radical (unpaired) electrons. The Hall–Kier alpha value is -2.04. The van der Waals surface area contributed by atoms with Crippen LogP contribution in [-0.2, 0) is 6.54 Å². The first kappa shape index (κ1) is 17.8. The highest BCUT2D eigenvalue weighted by Crippen LogP contribution is 2.28. The number of hydrogen-bond donors (Lipinski definition) is 1. The van der Waals surface area contributed by atoms with Gasteiger partial charge in [0.2, 0.25) is 5.69 Å². The third kappa shape index (κ3) is 3.24. The van der Waals surface area contributed by atoms with Crippen molar-refractivity contribution in [1.82, 2.24) is 4.98 Å². The average Bonchev–Trinajstić information content (AvgIpc) is 2.97. The van der Waals surface area contributed by atoms with Gasteiger partial charge in [-0.1, -0.05) is 23.7 Å². The minimum atomic E-state index is 0. The first-order valence-corrected chi connectivity index (χ1v) is 8.26. The molecule has 0 atom stereocenters. The van der Waals surface area contributed by atoms with Gasteiger partial charge in [0.1, 0.15) is 11.3 Å². The molecule has 2 aromatic heterocycles. The van der Waals surface area contributed by atoms with E-state index in [4.69, 9.17) is 16.3 Å². The van der Waals surface area contributed by atoms with Crippen molar-refractivity contribution >= 4 is 33.4 Å². The number of nitrogens with one attached hydrogen (secondary N) is 1. The van der Waals surface area contributed by atoms with Gasteiger partial charge < -0.3 is 26.7 Å². The number of aromatic nitrogens is 2. The molecular formula is C20H18BrClN2O. The Morgan fingerprint density at radius 1 is 1.04 bits per heavy atom. The van der Waals surface area contributed by atoms with Crippen LogP contribution in [-0.4, -0.2) is 12.1 Å². The highest BCUT2D eigenvalue weighted by Gasteiger charge is 2.15. The third-order valence-corrected chi connectivity index (χ3v) is 4.78. The van der Waals surface area contributed by atoms with Crippen molar-refractivity contribution in [2.24, 2.45) is 0 Å². The maximum Gasteiger partial charge on any atom is 0.202 e. The second-order valence-corrected chi connectivity index (χ2v) is 6.42. The van der Waals surface area contributed by atoms with Gasteiger partial charge in [-0.15, -0.1) is 0 Å². The summed E-state index contributed by atoms with van der Waals surface area (Å²) in [7, 11) is 1.69. The minimum absolute atomic E-state index is 0. The molecule has 2 aromatic carbocycles. The van der Waals surface area contributed by atoms with E-state index >= 15 is 0 Å². The molecule has 0 fully saturated rings. The molecule has 5 heteroatoms. The molecule has 3 nitrogen and oxygen atoms in total. The number of nitrogens with zero attached hydrogens (tertiary/aromatic N) is 1. The summed E-state index contributed by atoms with van der Waals surface area (Å²) in [6, 6.07) is 16.3. The summed E-state index contributed by atoms with van der Waals surface area (Å²) in [5.41, 5.74) is 4.69. The predicted octanol–water partition coefficient (Wildman–Crippen LogP) is 1.63. The number of methoxy groups -OCH3 is 1. The van der Waals surface area contributed by atoms with E-state index in [1.807, 2.05) is 24.3 Å². The molecule has 128 valence electrons. The van der Waals surface area contributed by atoms with E-state index in [9.17, 15) is 0 Å². The van der Waals surface area contributed by atoms with Gasteiger partial charge in [-0.05, 0) is 24.3 Å². The first-order valence-electron chi connectivity index (χ1n) is 7.88. The zero-order chi connectivity index (χ0) is 16.7. The molecule has 0 aliphatic carbocycles. The predicted molar refractivity (Wildman–Crippen MR) is 97.8 cm³/mol.